The van der Waals surface area contributed by atoms with Crippen molar-refractivity contribution < 1.29 is 13.6 Å². The third kappa shape index (κ3) is 2.87. The van der Waals surface area contributed by atoms with Gasteiger partial charge in [-0.3, -0.25) is 9.20 Å². The number of benzene rings is 1. The highest BCUT2D eigenvalue weighted by Crippen LogP contribution is 2.32. The van der Waals surface area contributed by atoms with Crippen LogP contribution in [0.3, 0.4) is 0 Å². The fourth-order valence-corrected chi connectivity index (χ4v) is 2.28. The van der Waals surface area contributed by atoms with E-state index in [0.29, 0.717) is 11.5 Å². The molecule has 3 aromatic rings. The average Bonchev–Trinajstić information content (AvgIpc) is 2.87. The summed E-state index contributed by atoms with van der Waals surface area (Å²) in [6, 6.07) is 8.44. The van der Waals surface area contributed by atoms with Gasteiger partial charge in [0.05, 0.1) is 0 Å². The highest BCUT2D eigenvalue weighted by atomic mass is 19.1. The van der Waals surface area contributed by atoms with E-state index in [1.54, 1.807) is 49.6 Å². The molecule has 0 fully saturated rings. The van der Waals surface area contributed by atoms with Crippen molar-refractivity contribution in [2.45, 2.75) is 20.8 Å². The first-order valence-corrected chi connectivity index (χ1v) is 7.51. The Labute approximate surface area is 138 Å². The SMILES string of the molecule is CC(C)(C)C(=O)Nc1c(-c2cc(F)ccc2F)nc2ccccn12. The molecule has 0 saturated carbocycles. The third-order valence-electron chi connectivity index (χ3n) is 3.63. The Balaban J connectivity index is 2.22. The number of rotatable bonds is 2. The fraction of sp³-hybridized carbons (Fsp3) is 0.222. The minimum atomic E-state index is -0.642. The van der Waals surface area contributed by atoms with Gasteiger partial charge in [0.25, 0.3) is 0 Å². The standard InChI is InChI=1S/C18H17F2N3O/c1-18(2,3)17(24)22-16-15(12-10-11(19)7-8-13(12)20)21-14-6-4-5-9-23(14)16/h4-10H,1-3H3,(H,22,24). The Morgan fingerprint density at radius 2 is 1.92 bits per heavy atom. The molecule has 0 saturated heterocycles. The second-order valence-electron chi connectivity index (χ2n) is 6.57. The van der Waals surface area contributed by atoms with Gasteiger partial charge in [-0.25, -0.2) is 13.8 Å². The van der Waals surface area contributed by atoms with Crippen LogP contribution in [-0.4, -0.2) is 15.3 Å². The van der Waals surface area contributed by atoms with E-state index in [1.165, 1.54) is 0 Å². The Morgan fingerprint density at radius 1 is 1.17 bits per heavy atom. The molecule has 0 bridgehead atoms. The highest BCUT2D eigenvalue weighted by molar-refractivity contribution is 5.97. The van der Waals surface area contributed by atoms with E-state index < -0.39 is 17.0 Å². The maximum Gasteiger partial charge on any atom is 0.230 e. The molecule has 6 heteroatoms. The molecule has 3 rings (SSSR count). The zero-order valence-electron chi connectivity index (χ0n) is 13.6. The van der Waals surface area contributed by atoms with Gasteiger partial charge >= 0.3 is 0 Å². The van der Waals surface area contributed by atoms with E-state index in [0.717, 1.165) is 18.2 Å². The number of hydrogen-bond donors (Lipinski definition) is 1. The van der Waals surface area contributed by atoms with Crippen LogP contribution in [0.1, 0.15) is 20.8 Å². The van der Waals surface area contributed by atoms with Crippen molar-refractivity contribution in [1.82, 2.24) is 9.38 Å². The smallest absolute Gasteiger partial charge is 0.230 e. The van der Waals surface area contributed by atoms with E-state index >= 15 is 0 Å². The van der Waals surface area contributed by atoms with Crippen LogP contribution in [0.2, 0.25) is 0 Å². The van der Waals surface area contributed by atoms with Crippen LogP contribution in [0.4, 0.5) is 14.6 Å². The average molecular weight is 329 g/mol. The molecule has 0 aliphatic rings. The number of hydrogen-bond acceptors (Lipinski definition) is 2. The lowest BCUT2D eigenvalue weighted by Crippen LogP contribution is -2.28. The van der Waals surface area contributed by atoms with Crippen LogP contribution < -0.4 is 5.32 Å². The van der Waals surface area contributed by atoms with Crippen LogP contribution >= 0.6 is 0 Å². The van der Waals surface area contributed by atoms with Crippen molar-refractivity contribution in [3.05, 3.63) is 54.2 Å². The molecule has 24 heavy (non-hydrogen) atoms. The van der Waals surface area contributed by atoms with E-state index in [2.05, 4.69) is 10.3 Å². The number of pyridine rings is 1. The molecule has 0 radical (unpaired) electrons. The molecule has 0 atom stereocenters. The summed E-state index contributed by atoms with van der Waals surface area (Å²) in [4.78, 5) is 16.8. The summed E-state index contributed by atoms with van der Waals surface area (Å²) >= 11 is 0. The molecule has 4 nitrogen and oxygen atoms in total. The largest absolute Gasteiger partial charge is 0.309 e. The molecule has 1 N–H and O–H groups in total. The van der Waals surface area contributed by atoms with Crippen LogP contribution in [0.15, 0.2) is 42.6 Å². The van der Waals surface area contributed by atoms with Crippen LogP contribution in [-0.2, 0) is 4.79 Å². The molecule has 1 amide bonds. The van der Waals surface area contributed by atoms with Crippen molar-refractivity contribution in [3.63, 3.8) is 0 Å². The molecule has 124 valence electrons. The van der Waals surface area contributed by atoms with Crippen LogP contribution in [0.25, 0.3) is 16.9 Å². The summed E-state index contributed by atoms with van der Waals surface area (Å²) in [7, 11) is 0. The summed E-state index contributed by atoms with van der Waals surface area (Å²) in [6.07, 6.45) is 1.71. The number of fused-ring (bicyclic) bond motifs is 1. The number of anilines is 1. The molecule has 0 aliphatic heterocycles. The Hall–Kier alpha value is -2.76. The van der Waals surface area contributed by atoms with Crippen LogP contribution in [0.5, 0.6) is 0 Å². The van der Waals surface area contributed by atoms with Gasteiger partial charge in [-0.15, -0.1) is 0 Å². The van der Waals surface area contributed by atoms with Gasteiger partial charge < -0.3 is 5.32 Å². The Bertz CT molecular complexity index is 926. The van der Waals surface area contributed by atoms with Crippen molar-refractivity contribution >= 4 is 17.4 Å². The molecule has 2 aromatic heterocycles. The first-order valence-electron chi connectivity index (χ1n) is 7.51. The number of aromatic nitrogens is 2. The number of carbonyl (C=O) groups excluding carboxylic acids is 1. The van der Waals surface area contributed by atoms with E-state index in [1.807, 2.05) is 0 Å². The molecule has 0 unspecified atom stereocenters. The van der Waals surface area contributed by atoms with Gasteiger partial charge in [-0.05, 0) is 30.3 Å². The molecule has 1 aromatic carbocycles. The Kier molecular flexibility index (Phi) is 3.83. The van der Waals surface area contributed by atoms with Crippen molar-refractivity contribution in [2.24, 2.45) is 5.41 Å². The van der Waals surface area contributed by atoms with Gasteiger partial charge in [0, 0.05) is 17.2 Å². The minimum absolute atomic E-state index is 0.00269. The lowest BCUT2D eigenvalue weighted by molar-refractivity contribution is -0.123. The van der Waals surface area contributed by atoms with Crippen molar-refractivity contribution in [1.29, 1.82) is 0 Å². The lowest BCUT2D eigenvalue weighted by atomic mass is 9.95. The normalized spacial score (nSPS) is 11.7. The lowest BCUT2D eigenvalue weighted by Gasteiger charge is -2.18. The number of imidazole rings is 1. The van der Waals surface area contributed by atoms with Crippen molar-refractivity contribution in [2.75, 3.05) is 5.32 Å². The monoisotopic (exact) mass is 329 g/mol. The maximum atomic E-state index is 14.2. The van der Waals surface area contributed by atoms with E-state index in [-0.39, 0.29) is 17.2 Å². The predicted molar refractivity (Wildman–Crippen MR) is 88.6 cm³/mol. The first kappa shape index (κ1) is 16.1. The topological polar surface area (TPSA) is 46.4 Å². The fourth-order valence-electron chi connectivity index (χ4n) is 2.28. The number of nitrogens with zero attached hydrogens (tertiary/aromatic N) is 2. The first-order chi connectivity index (χ1) is 11.3. The molecule has 0 spiro atoms. The second-order valence-corrected chi connectivity index (χ2v) is 6.57. The van der Waals surface area contributed by atoms with Crippen LogP contribution in [0, 0.1) is 17.0 Å². The summed E-state index contributed by atoms with van der Waals surface area (Å²) < 4.78 is 29.4. The molecule has 0 aliphatic carbocycles. The third-order valence-corrected chi connectivity index (χ3v) is 3.63. The van der Waals surface area contributed by atoms with Crippen molar-refractivity contribution in [3.8, 4) is 11.3 Å². The minimum Gasteiger partial charge on any atom is -0.309 e. The van der Waals surface area contributed by atoms with Gasteiger partial charge in [0.1, 0.15) is 28.8 Å². The number of halogens is 2. The second kappa shape index (κ2) is 5.70. The van der Waals surface area contributed by atoms with Gasteiger partial charge in [0.2, 0.25) is 5.91 Å². The number of amides is 1. The molecular weight excluding hydrogens is 312 g/mol. The zero-order valence-corrected chi connectivity index (χ0v) is 13.6. The maximum absolute atomic E-state index is 14.2. The van der Waals surface area contributed by atoms with Gasteiger partial charge in [-0.2, -0.15) is 0 Å². The zero-order chi connectivity index (χ0) is 17.5. The number of nitrogens with one attached hydrogen (secondary N) is 1. The summed E-state index contributed by atoms with van der Waals surface area (Å²) in [5.41, 5.74) is 0.0792. The number of carbonyl (C=O) groups is 1. The van der Waals surface area contributed by atoms with E-state index in [4.69, 9.17) is 0 Å². The highest BCUT2D eigenvalue weighted by Gasteiger charge is 2.25. The summed E-state index contributed by atoms with van der Waals surface area (Å²) in [5, 5.41) is 2.79. The molecule has 2 heterocycles. The summed E-state index contributed by atoms with van der Waals surface area (Å²) in [6.45, 7) is 5.32. The molecular formula is C18H17F2N3O. The predicted octanol–water partition coefficient (Wildman–Crippen LogP) is 4.26. The van der Waals surface area contributed by atoms with Gasteiger partial charge in [0.15, 0.2) is 0 Å². The van der Waals surface area contributed by atoms with E-state index in [9.17, 15) is 13.6 Å². The Morgan fingerprint density at radius 3 is 2.62 bits per heavy atom. The summed E-state index contributed by atoms with van der Waals surface area (Å²) in [5.74, 6) is -1.11. The quantitative estimate of drug-likeness (QED) is 0.763. The van der Waals surface area contributed by atoms with Gasteiger partial charge in [-0.1, -0.05) is 26.8 Å².